The van der Waals surface area contributed by atoms with Gasteiger partial charge in [0.05, 0.1) is 14.2 Å². The highest BCUT2D eigenvalue weighted by molar-refractivity contribution is 8.77. The molecule has 0 bridgehead atoms. The van der Waals surface area contributed by atoms with Gasteiger partial charge in [-0.05, 0) is 105 Å². The van der Waals surface area contributed by atoms with E-state index in [1.54, 1.807) is 38.5 Å². The van der Waals surface area contributed by atoms with Crippen molar-refractivity contribution < 1.29 is 33.3 Å². The van der Waals surface area contributed by atoms with Gasteiger partial charge in [-0.3, -0.25) is 14.4 Å². The first kappa shape index (κ1) is 37.8. The number of carbonyl (C=O) groups is 3. The number of hydrogen-bond acceptors (Lipinski definition) is 11. The van der Waals surface area contributed by atoms with Crippen molar-refractivity contribution in [3.8, 4) is 23.0 Å². The number of ketones is 1. The second-order valence-electron chi connectivity index (χ2n) is 12.4. The molecule has 11 heteroatoms. The fourth-order valence-electron chi connectivity index (χ4n) is 6.06. The number of ether oxygens (including phenoxy) is 4. The lowest BCUT2D eigenvalue weighted by molar-refractivity contribution is -0.135. The SMILES string of the molecule is COc1cc(C=C2CCCC(=Cc3ccc(OC(=O)CCCCC4CCSS4)c(OC)c3)C2=O)ccc1OC(=O)CCCCC1CCSS1. The Hall–Kier alpha value is -2.47. The first-order chi connectivity index (χ1) is 23.9. The normalized spacial score (nSPS) is 20.9. The first-order valence-electron chi connectivity index (χ1n) is 17.2. The first-order valence-corrected chi connectivity index (χ1v) is 22.0. The molecule has 2 atom stereocenters. The van der Waals surface area contributed by atoms with Gasteiger partial charge in [0, 0.05) is 46.0 Å². The number of methoxy groups -OCH3 is 2. The van der Waals surface area contributed by atoms with E-state index in [1.807, 2.05) is 67.5 Å². The third kappa shape index (κ3) is 11.8. The molecule has 3 fully saturated rings. The highest BCUT2D eigenvalue weighted by Crippen LogP contribution is 2.41. The van der Waals surface area contributed by atoms with E-state index in [-0.39, 0.29) is 17.7 Å². The maximum Gasteiger partial charge on any atom is 0.311 e. The van der Waals surface area contributed by atoms with Crippen LogP contribution >= 0.6 is 43.2 Å². The lowest BCUT2D eigenvalue weighted by Gasteiger charge is -2.17. The van der Waals surface area contributed by atoms with Crippen molar-refractivity contribution in [2.24, 2.45) is 0 Å². The highest BCUT2D eigenvalue weighted by atomic mass is 33.1. The smallest absolute Gasteiger partial charge is 0.311 e. The summed E-state index contributed by atoms with van der Waals surface area (Å²) in [6, 6.07) is 10.8. The zero-order valence-electron chi connectivity index (χ0n) is 28.4. The van der Waals surface area contributed by atoms with Gasteiger partial charge in [0.25, 0.3) is 0 Å². The molecule has 2 aliphatic heterocycles. The molecule has 2 aromatic carbocycles. The molecule has 2 saturated heterocycles. The van der Waals surface area contributed by atoms with Crippen molar-refractivity contribution in [2.75, 3.05) is 25.7 Å². The molecule has 3 aliphatic rings. The highest BCUT2D eigenvalue weighted by Gasteiger charge is 2.22. The van der Waals surface area contributed by atoms with Gasteiger partial charge in [0.1, 0.15) is 0 Å². The summed E-state index contributed by atoms with van der Waals surface area (Å²) in [5.74, 6) is 3.60. The van der Waals surface area contributed by atoms with Gasteiger partial charge in [-0.2, -0.15) is 0 Å². The Kier molecular flexibility index (Phi) is 15.3. The van der Waals surface area contributed by atoms with E-state index in [2.05, 4.69) is 0 Å². The maximum atomic E-state index is 13.5. The molecule has 264 valence electrons. The van der Waals surface area contributed by atoms with Gasteiger partial charge in [-0.25, -0.2) is 0 Å². The van der Waals surface area contributed by atoms with E-state index >= 15 is 0 Å². The van der Waals surface area contributed by atoms with E-state index in [0.29, 0.717) is 70.3 Å². The van der Waals surface area contributed by atoms with Crippen LogP contribution in [0.2, 0.25) is 0 Å². The molecule has 0 aromatic heterocycles. The molecule has 1 saturated carbocycles. The van der Waals surface area contributed by atoms with Crippen molar-refractivity contribution in [3.63, 3.8) is 0 Å². The molecule has 2 unspecified atom stereocenters. The molecular weight excluding hydrogens is 697 g/mol. The van der Waals surface area contributed by atoms with Gasteiger partial charge in [-0.15, -0.1) is 0 Å². The van der Waals surface area contributed by atoms with Crippen LogP contribution in [0.15, 0.2) is 47.5 Å². The lowest BCUT2D eigenvalue weighted by Crippen LogP contribution is -2.12. The summed E-state index contributed by atoms with van der Waals surface area (Å²) in [5.41, 5.74) is 3.03. The van der Waals surface area contributed by atoms with Crippen molar-refractivity contribution in [1.29, 1.82) is 0 Å². The molecule has 5 rings (SSSR count). The molecule has 2 heterocycles. The minimum atomic E-state index is -0.263. The molecule has 0 amide bonds. The van der Waals surface area contributed by atoms with Crippen molar-refractivity contribution in [3.05, 3.63) is 58.7 Å². The van der Waals surface area contributed by atoms with Crippen LogP contribution in [0.5, 0.6) is 23.0 Å². The van der Waals surface area contributed by atoms with Crippen LogP contribution < -0.4 is 18.9 Å². The molecule has 1 aliphatic carbocycles. The van der Waals surface area contributed by atoms with Gasteiger partial charge >= 0.3 is 11.9 Å². The standard InChI is InChI=1S/C38H46O7S4/c1-42-34-24-26(14-16-32(34)44-36(39)12-5-3-10-30-18-20-46-48-30)22-28-8-7-9-29(38(28)41)23-27-15-17-33(35(25-27)43-2)45-37(40)13-6-4-11-31-19-21-47-49-31/h14-17,22-25,30-31H,3-13,18-21H2,1-2H3. The number of esters is 2. The Balaban J connectivity index is 1.15. The summed E-state index contributed by atoms with van der Waals surface area (Å²) in [4.78, 5) is 38.6. The van der Waals surface area contributed by atoms with E-state index in [0.717, 1.165) is 56.1 Å². The Bertz CT molecular complexity index is 1400. The number of benzene rings is 2. The van der Waals surface area contributed by atoms with E-state index in [4.69, 9.17) is 18.9 Å². The molecule has 2 aromatic rings. The molecular formula is C38H46O7S4. The Morgan fingerprint density at radius 2 is 1.16 bits per heavy atom. The molecule has 0 spiro atoms. The van der Waals surface area contributed by atoms with E-state index in [9.17, 15) is 14.4 Å². The van der Waals surface area contributed by atoms with Crippen LogP contribution in [0.4, 0.5) is 0 Å². The number of carbonyl (C=O) groups excluding carboxylic acids is 3. The number of hydrogen-bond donors (Lipinski definition) is 0. The summed E-state index contributed by atoms with van der Waals surface area (Å²) >= 11 is 0. The Morgan fingerprint density at radius 3 is 1.57 bits per heavy atom. The third-order valence-electron chi connectivity index (χ3n) is 8.75. The summed E-state index contributed by atoms with van der Waals surface area (Å²) in [7, 11) is 10.9. The second kappa shape index (κ2) is 19.8. The van der Waals surface area contributed by atoms with Crippen LogP contribution in [0.3, 0.4) is 0 Å². The fraction of sp³-hybridized carbons (Fsp3) is 0.500. The number of unbranched alkanes of at least 4 members (excludes halogenated alkanes) is 2. The summed E-state index contributed by atoms with van der Waals surface area (Å²) in [6.07, 6.45) is 15.2. The van der Waals surface area contributed by atoms with Gasteiger partial charge in [0.2, 0.25) is 0 Å². The topological polar surface area (TPSA) is 88.1 Å². The van der Waals surface area contributed by atoms with Gasteiger partial charge in [-0.1, -0.05) is 68.1 Å². The number of rotatable bonds is 16. The average molecular weight is 743 g/mol. The predicted molar refractivity (Wildman–Crippen MR) is 206 cm³/mol. The quantitative estimate of drug-likeness (QED) is 0.0541. The molecule has 49 heavy (non-hydrogen) atoms. The van der Waals surface area contributed by atoms with Gasteiger partial charge < -0.3 is 18.9 Å². The Morgan fingerprint density at radius 1 is 0.694 bits per heavy atom. The van der Waals surface area contributed by atoms with Crippen molar-refractivity contribution in [1.82, 2.24) is 0 Å². The summed E-state index contributed by atoms with van der Waals surface area (Å²) in [6.45, 7) is 0. The van der Waals surface area contributed by atoms with Crippen LogP contribution in [0.25, 0.3) is 12.2 Å². The summed E-state index contributed by atoms with van der Waals surface area (Å²) < 4.78 is 22.4. The maximum absolute atomic E-state index is 13.5. The minimum absolute atomic E-state index is 0.000567. The monoisotopic (exact) mass is 742 g/mol. The van der Waals surface area contributed by atoms with Crippen molar-refractivity contribution >= 4 is 73.0 Å². The number of allylic oxidation sites excluding steroid dienone is 2. The predicted octanol–water partition coefficient (Wildman–Crippen LogP) is 10.2. The second-order valence-corrected chi connectivity index (χ2v) is 18.0. The molecule has 7 nitrogen and oxygen atoms in total. The molecule has 0 radical (unpaired) electrons. The van der Waals surface area contributed by atoms with E-state index < -0.39 is 0 Å². The van der Waals surface area contributed by atoms with Crippen LogP contribution in [0, 0.1) is 0 Å². The largest absolute Gasteiger partial charge is 0.493 e. The lowest BCUT2D eigenvalue weighted by atomic mass is 9.87. The summed E-state index contributed by atoms with van der Waals surface area (Å²) in [5, 5.41) is 1.42. The van der Waals surface area contributed by atoms with E-state index in [1.165, 1.54) is 24.3 Å². The average Bonchev–Trinajstić information content (AvgIpc) is 3.83. The van der Waals surface area contributed by atoms with Crippen LogP contribution in [-0.2, 0) is 14.4 Å². The molecule has 0 N–H and O–H groups in total. The Labute approximate surface area is 306 Å². The zero-order valence-corrected chi connectivity index (χ0v) is 31.6. The minimum Gasteiger partial charge on any atom is -0.493 e. The zero-order chi connectivity index (χ0) is 34.4. The van der Waals surface area contributed by atoms with Crippen LogP contribution in [-0.4, -0.2) is 53.9 Å². The van der Waals surface area contributed by atoms with Crippen LogP contribution in [0.1, 0.15) is 94.6 Å². The fourth-order valence-corrected chi connectivity index (χ4v) is 12.1. The third-order valence-corrected chi connectivity index (χ3v) is 14.8. The van der Waals surface area contributed by atoms with Gasteiger partial charge in [0.15, 0.2) is 28.8 Å². The number of Topliss-reactive ketones (excluding diaryl/α,β-unsaturated/α-hetero) is 1. The van der Waals surface area contributed by atoms with Crippen molar-refractivity contribution in [2.45, 2.75) is 94.0 Å².